The summed E-state index contributed by atoms with van der Waals surface area (Å²) in [5.74, 6) is -4.39. The molecule has 5 heterocycles. The monoisotopic (exact) mass is 955 g/mol. The standard InChI is InChI=1S/C52H69N5O12/c1-50(2,3)55-48(62)38-30-56(28-33-16-13-21-53-27-33)22-23-57(38)29-36(25-35(24-32-14-9-8-10-15-32)47(61)54-43-37-18-12-11-17-34(37)26-39(43)58)64-41(59)19-20-42(60)65-45-44(40-31-63-51(4,5)67-40)66-49-46(45)68-52(6,7)69-49/h8-18,21,27,35-36,38-40,43-46,49,58H,19-20,22-26,28-31H2,1-7H3,(H,54,61)(H,55,62)/t35-,36-,38-,39+,40?,43-,44+,45-,46-,49?/m0/s1. The fourth-order valence-electron chi connectivity index (χ4n) is 10.1. The molecule has 5 aliphatic rings. The summed E-state index contributed by atoms with van der Waals surface area (Å²) in [5, 5.41) is 17.5. The highest BCUT2D eigenvalue weighted by molar-refractivity contribution is 5.83. The zero-order chi connectivity index (χ0) is 49.1. The molecule has 2 unspecified atom stereocenters. The molecule has 0 saturated carbocycles. The maximum atomic E-state index is 14.6. The average molecular weight is 956 g/mol. The van der Waals surface area contributed by atoms with Gasteiger partial charge in [0, 0.05) is 63.0 Å². The summed E-state index contributed by atoms with van der Waals surface area (Å²) in [6.07, 6.45) is -1.78. The van der Waals surface area contributed by atoms with Crippen LogP contribution in [-0.4, -0.2) is 142 Å². The SMILES string of the molecule is CC(C)(C)NC(=O)[C@@H]1CN(Cc2cccnc2)CCN1C[C@H](C[C@H](Cc1ccccc1)C(=O)N[C@H]1c2ccccc2C[C@H]1O)OC(=O)CCC(=O)O[C@H]1[C@@H](C2COC(C)(C)O2)OC2OC(C)(C)O[C@H]21. The molecule has 0 spiro atoms. The molecule has 2 aromatic carbocycles. The predicted molar refractivity (Wildman–Crippen MR) is 251 cm³/mol. The maximum absolute atomic E-state index is 14.6. The Bertz CT molecular complexity index is 2260. The van der Waals surface area contributed by atoms with E-state index in [0.717, 1.165) is 22.3 Å². The second-order valence-electron chi connectivity index (χ2n) is 20.9. The fraction of sp³-hybridized carbons (Fsp3) is 0.596. The normalized spacial score (nSPS) is 28.3. The van der Waals surface area contributed by atoms with Crippen LogP contribution >= 0.6 is 0 Å². The molecule has 2 amide bonds. The average Bonchev–Trinajstić information content (AvgIpc) is 4.01. The van der Waals surface area contributed by atoms with Gasteiger partial charge in [0.2, 0.25) is 11.8 Å². The van der Waals surface area contributed by atoms with E-state index >= 15 is 0 Å². The molecule has 3 N–H and O–H groups in total. The zero-order valence-electron chi connectivity index (χ0n) is 40.8. The van der Waals surface area contributed by atoms with Crippen molar-refractivity contribution in [2.45, 2.75) is 159 Å². The van der Waals surface area contributed by atoms with Gasteiger partial charge in [-0.25, -0.2) is 0 Å². The van der Waals surface area contributed by atoms with Gasteiger partial charge in [-0.2, -0.15) is 0 Å². The number of nitrogens with zero attached hydrogens (tertiary/aromatic N) is 3. The van der Waals surface area contributed by atoms with Gasteiger partial charge < -0.3 is 48.9 Å². The molecule has 4 fully saturated rings. The number of amides is 2. The molecule has 69 heavy (non-hydrogen) atoms. The van der Waals surface area contributed by atoms with Gasteiger partial charge in [0.1, 0.15) is 24.4 Å². The van der Waals surface area contributed by atoms with E-state index in [9.17, 15) is 24.3 Å². The van der Waals surface area contributed by atoms with E-state index in [2.05, 4.69) is 20.5 Å². The van der Waals surface area contributed by atoms with Crippen molar-refractivity contribution in [3.63, 3.8) is 0 Å². The number of pyridine rings is 1. The highest BCUT2D eigenvalue weighted by Crippen LogP contribution is 2.42. The molecule has 4 saturated heterocycles. The summed E-state index contributed by atoms with van der Waals surface area (Å²) in [6.45, 7) is 15.3. The number of nitrogens with one attached hydrogen (secondary N) is 2. The maximum Gasteiger partial charge on any atom is 0.306 e. The molecule has 4 aliphatic heterocycles. The van der Waals surface area contributed by atoms with E-state index in [1.807, 2.05) is 98.6 Å². The van der Waals surface area contributed by atoms with Crippen molar-refractivity contribution in [1.82, 2.24) is 25.4 Å². The van der Waals surface area contributed by atoms with Crippen LogP contribution in [0.2, 0.25) is 0 Å². The number of ether oxygens (including phenoxy) is 7. The Labute approximate surface area is 404 Å². The molecule has 374 valence electrons. The van der Waals surface area contributed by atoms with Crippen molar-refractivity contribution in [3.05, 3.63) is 101 Å². The zero-order valence-corrected chi connectivity index (χ0v) is 40.8. The number of aliphatic hydroxyl groups excluding tert-OH is 1. The largest absolute Gasteiger partial charge is 0.461 e. The van der Waals surface area contributed by atoms with E-state index in [4.69, 9.17) is 33.2 Å². The number of hydrogen-bond donors (Lipinski definition) is 3. The van der Waals surface area contributed by atoms with Crippen molar-refractivity contribution in [1.29, 1.82) is 0 Å². The lowest BCUT2D eigenvalue weighted by Crippen LogP contribution is -2.62. The van der Waals surface area contributed by atoms with Crippen molar-refractivity contribution < 1.29 is 57.4 Å². The summed E-state index contributed by atoms with van der Waals surface area (Å²) in [6, 6.07) is 19.9. The van der Waals surface area contributed by atoms with Crippen LogP contribution in [-0.2, 0) is 71.7 Å². The Hall–Kier alpha value is -4.85. The molecule has 8 rings (SSSR count). The van der Waals surface area contributed by atoms with E-state index in [0.29, 0.717) is 39.0 Å². The van der Waals surface area contributed by atoms with Gasteiger partial charge in [-0.05, 0) is 89.6 Å². The molecule has 0 radical (unpaired) electrons. The molecule has 1 aromatic heterocycles. The van der Waals surface area contributed by atoms with Crippen LogP contribution < -0.4 is 10.6 Å². The first kappa shape index (κ1) is 50.5. The molecular weight excluding hydrogens is 887 g/mol. The van der Waals surface area contributed by atoms with Crippen LogP contribution in [0.5, 0.6) is 0 Å². The lowest BCUT2D eigenvalue weighted by Gasteiger charge is -2.42. The number of hydrogen-bond acceptors (Lipinski definition) is 15. The Morgan fingerprint density at radius 3 is 2.35 bits per heavy atom. The Morgan fingerprint density at radius 1 is 0.884 bits per heavy atom. The Morgan fingerprint density at radius 2 is 1.62 bits per heavy atom. The summed E-state index contributed by atoms with van der Waals surface area (Å²) in [5.41, 5.74) is 3.22. The fourth-order valence-corrected chi connectivity index (χ4v) is 10.1. The van der Waals surface area contributed by atoms with Gasteiger partial charge in [-0.15, -0.1) is 0 Å². The van der Waals surface area contributed by atoms with Crippen molar-refractivity contribution in [3.8, 4) is 0 Å². The minimum absolute atomic E-state index is 0.0853. The lowest BCUT2D eigenvalue weighted by molar-refractivity contribution is -0.235. The van der Waals surface area contributed by atoms with Gasteiger partial charge in [0.05, 0.1) is 31.6 Å². The van der Waals surface area contributed by atoms with Gasteiger partial charge >= 0.3 is 11.9 Å². The molecule has 17 heteroatoms. The Balaban J connectivity index is 1.01. The van der Waals surface area contributed by atoms with Gasteiger partial charge in [0.15, 0.2) is 30.1 Å². The topological polar surface area (TPSA) is 197 Å². The smallest absolute Gasteiger partial charge is 0.306 e. The third-order valence-corrected chi connectivity index (χ3v) is 13.2. The molecule has 17 nitrogen and oxygen atoms in total. The number of aromatic nitrogens is 1. The van der Waals surface area contributed by atoms with E-state index in [1.54, 1.807) is 33.9 Å². The van der Waals surface area contributed by atoms with E-state index < -0.39 is 90.0 Å². The van der Waals surface area contributed by atoms with E-state index in [-0.39, 0.29) is 44.2 Å². The second-order valence-corrected chi connectivity index (χ2v) is 20.9. The number of carbonyl (C=O) groups is 4. The van der Waals surface area contributed by atoms with Crippen LogP contribution in [0.25, 0.3) is 0 Å². The lowest BCUT2D eigenvalue weighted by atomic mass is 9.91. The number of aliphatic hydroxyl groups is 1. The van der Waals surface area contributed by atoms with Crippen molar-refractivity contribution in [2.24, 2.45) is 5.92 Å². The van der Waals surface area contributed by atoms with Crippen LogP contribution in [0.4, 0.5) is 0 Å². The van der Waals surface area contributed by atoms with Gasteiger partial charge in [-0.1, -0.05) is 60.7 Å². The number of carbonyl (C=O) groups excluding carboxylic acids is 4. The number of rotatable bonds is 17. The predicted octanol–water partition coefficient (Wildman–Crippen LogP) is 4.14. The minimum atomic E-state index is -0.981. The van der Waals surface area contributed by atoms with Crippen LogP contribution in [0.3, 0.4) is 0 Å². The quantitative estimate of drug-likeness (QED) is 0.163. The number of benzene rings is 2. The molecule has 1 aliphatic carbocycles. The van der Waals surface area contributed by atoms with Gasteiger partial charge in [0.25, 0.3) is 0 Å². The van der Waals surface area contributed by atoms with Crippen LogP contribution in [0.15, 0.2) is 79.1 Å². The first-order valence-corrected chi connectivity index (χ1v) is 24.3. The van der Waals surface area contributed by atoms with Crippen LogP contribution in [0.1, 0.15) is 96.0 Å². The first-order valence-electron chi connectivity index (χ1n) is 24.3. The second kappa shape index (κ2) is 21.2. The van der Waals surface area contributed by atoms with Crippen molar-refractivity contribution >= 4 is 23.8 Å². The van der Waals surface area contributed by atoms with Crippen molar-refractivity contribution in [2.75, 3.05) is 32.8 Å². The number of fused-ring (bicyclic) bond motifs is 2. The minimum Gasteiger partial charge on any atom is -0.461 e. The van der Waals surface area contributed by atoms with E-state index in [1.165, 1.54) is 0 Å². The number of esters is 2. The third kappa shape index (κ3) is 13.1. The number of piperazine rings is 1. The molecular formula is C52H69N5O12. The molecule has 10 atom stereocenters. The Kier molecular flexibility index (Phi) is 15.6. The summed E-state index contributed by atoms with van der Waals surface area (Å²) < 4.78 is 42.6. The van der Waals surface area contributed by atoms with Crippen LogP contribution in [0, 0.1) is 5.92 Å². The first-order chi connectivity index (χ1) is 32.8. The summed E-state index contributed by atoms with van der Waals surface area (Å²) >= 11 is 0. The third-order valence-electron chi connectivity index (χ3n) is 13.2. The molecule has 0 bridgehead atoms. The summed E-state index contributed by atoms with van der Waals surface area (Å²) in [7, 11) is 0. The highest BCUT2D eigenvalue weighted by atomic mass is 16.9. The highest BCUT2D eigenvalue weighted by Gasteiger charge is 2.60. The van der Waals surface area contributed by atoms with Gasteiger partial charge in [-0.3, -0.25) is 34.0 Å². The summed E-state index contributed by atoms with van der Waals surface area (Å²) in [4.78, 5) is 65.1. The molecule has 3 aromatic rings.